The van der Waals surface area contributed by atoms with Crippen molar-refractivity contribution in [1.29, 1.82) is 0 Å². The minimum Gasteiger partial charge on any atom is -0.466 e. The zero-order valence-corrected chi connectivity index (χ0v) is 13.5. The van der Waals surface area contributed by atoms with Crippen molar-refractivity contribution in [2.45, 2.75) is 13.1 Å². The van der Waals surface area contributed by atoms with Gasteiger partial charge in [0, 0.05) is 24.1 Å². The average molecular weight is 347 g/mol. The van der Waals surface area contributed by atoms with Gasteiger partial charge in [0.05, 0.1) is 32.5 Å². The lowest BCUT2D eigenvalue weighted by Gasteiger charge is -2.13. The van der Waals surface area contributed by atoms with Gasteiger partial charge >= 0.3 is 12.1 Å². The second-order valence-electron chi connectivity index (χ2n) is 4.65. The standard InChI is InChI=1S/C16H20F3NO4/c1-3-23-7-8-24-11-14(10-15(21)22-2)20-13-6-4-5-12(9-13)16(17,18)19/h4-6,9-10,20H,3,7-8,11H2,1-2H3/b14-10+. The molecule has 0 unspecified atom stereocenters. The molecular weight excluding hydrogens is 327 g/mol. The third-order valence-corrected chi connectivity index (χ3v) is 2.82. The maximum absolute atomic E-state index is 12.7. The molecule has 0 bridgehead atoms. The minimum atomic E-state index is -4.45. The molecule has 8 heteroatoms. The van der Waals surface area contributed by atoms with Crippen LogP contribution >= 0.6 is 0 Å². The van der Waals surface area contributed by atoms with Gasteiger partial charge < -0.3 is 19.5 Å². The van der Waals surface area contributed by atoms with E-state index in [1.54, 1.807) is 0 Å². The van der Waals surface area contributed by atoms with Gasteiger partial charge in [0.25, 0.3) is 0 Å². The highest BCUT2D eigenvalue weighted by atomic mass is 19.4. The monoisotopic (exact) mass is 347 g/mol. The number of carbonyl (C=O) groups excluding carboxylic acids is 1. The average Bonchev–Trinajstić information content (AvgIpc) is 2.53. The summed E-state index contributed by atoms with van der Waals surface area (Å²) in [5.74, 6) is -0.641. The Balaban J connectivity index is 2.77. The third kappa shape index (κ3) is 7.47. The summed E-state index contributed by atoms with van der Waals surface area (Å²) < 4.78 is 53.2. The highest BCUT2D eigenvalue weighted by Crippen LogP contribution is 2.30. The van der Waals surface area contributed by atoms with Crippen LogP contribution in [0.15, 0.2) is 36.0 Å². The van der Waals surface area contributed by atoms with E-state index in [1.807, 2.05) is 6.92 Å². The number of esters is 1. The zero-order valence-electron chi connectivity index (χ0n) is 13.5. The second-order valence-corrected chi connectivity index (χ2v) is 4.65. The Hall–Kier alpha value is -2.06. The maximum Gasteiger partial charge on any atom is 0.416 e. The van der Waals surface area contributed by atoms with Gasteiger partial charge in [-0.25, -0.2) is 4.79 Å². The number of halogens is 3. The van der Waals surface area contributed by atoms with Crippen molar-refractivity contribution in [2.75, 3.05) is 38.9 Å². The summed E-state index contributed by atoms with van der Waals surface area (Å²) in [6.07, 6.45) is -3.32. The number of rotatable bonds is 9. The number of anilines is 1. The van der Waals surface area contributed by atoms with Crippen molar-refractivity contribution in [3.63, 3.8) is 0 Å². The molecule has 0 amide bonds. The molecule has 1 aromatic rings. The summed E-state index contributed by atoms with van der Waals surface area (Å²) in [5.41, 5.74) is -0.326. The van der Waals surface area contributed by atoms with Crippen molar-refractivity contribution in [2.24, 2.45) is 0 Å². The molecule has 1 N–H and O–H groups in total. The van der Waals surface area contributed by atoms with Crippen molar-refractivity contribution in [3.05, 3.63) is 41.6 Å². The molecule has 5 nitrogen and oxygen atoms in total. The minimum absolute atomic E-state index is 0.00157. The van der Waals surface area contributed by atoms with Crippen LogP contribution in [-0.2, 0) is 25.2 Å². The van der Waals surface area contributed by atoms with Gasteiger partial charge in [-0.1, -0.05) is 6.07 Å². The van der Waals surface area contributed by atoms with E-state index < -0.39 is 17.7 Å². The van der Waals surface area contributed by atoms with E-state index in [1.165, 1.54) is 19.2 Å². The van der Waals surface area contributed by atoms with E-state index in [2.05, 4.69) is 10.1 Å². The van der Waals surface area contributed by atoms with Gasteiger partial charge in [0.1, 0.15) is 0 Å². The summed E-state index contributed by atoms with van der Waals surface area (Å²) in [6, 6.07) is 4.65. The predicted octanol–water partition coefficient (Wildman–Crippen LogP) is 3.23. The molecule has 0 aromatic heterocycles. The molecule has 1 aromatic carbocycles. The van der Waals surface area contributed by atoms with E-state index in [-0.39, 0.29) is 24.6 Å². The lowest BCUT2D eigenvalue weighted by atomic mass is 10.2. The van der Waals surface area contributed by atoms with Crippen LogP contribution in [-0.4, -0.2) is 39.5 Å². The van der Waals surface area contributed by atoms with E-state index in [4.69, 9.17) is 9.47 Å². The van der Waals surface area contributed by atoms with Crippen LogP contribution in [0.2, 0.25) is 0 Å². The Morgan fingerprint density at radius 3 is 2.58 bits per heavy atom. The summed E-state index contributed by atoms with van der Waals surface area (Å²) in [6.45, 7) is 3.06. The lowest BCUT2D eigenvalue weighted by molar-refractivity contribution is -0.137. The number of ether oxygens (including phenoxy) is 3. The second kappa shape index (κ2) is 9.94. The SMILES string of the molecule is CCOCCOC/C(=C\C(=O)OC)Nc1cccc(C(F)(F)F)c1. The topological polar surface area (TPSA) is 56.8 Å². The van der Waals surface area contributed by atoms with E-state index in [9.17, 15) is 18.0 Å². The molecule has 0 atom stereocenters. The van der Waals surface area contributed by atoms with Crippen molar-refractivity contribution in [3.8, 4) is 0 Å². The number of carbonyl (C=O) groups is 1. The summed E-state index contributed by atoms with van der Waals surface area (Å²) in [4.78, 5) is 11.4. The van der Waals surface area contributed by atoms with Crippen molar-refractivity contribution >= 4 is 11.7 Å². The fourth-order valence-electron chi connectivity index (χ4n) is 1.72. The number of methoxy groups -OCH3 is 1. The van der Waals surface area contributed by atoms with E-state index in [0.29, 0.717) is 13.2 Å². The molecule has 0 aliphatic carbocycles. The summed E-state index contributed by atoms with van der Waals surface area (Å²) >= 11 is 0. The summed E-state index contributed by atoms with van der Waals surface area (Å²) in [7, 11) is 1.21. The normalized spacial score (nSPS) is 12.1. The van der Waals surface area contributed by atoms with Crippen LogP contribution in [0.25, 0.3) is 0 Å². The van der Waals surface area contributed by atoms with Crippen molar-refractivity contribution in [1.82, 2.24) is 0 Å². The molecule has 0 aliphatic heterocycles. The van der Waals surface area contributed by atoms with Gasteiger partial charge in [0.2, 0.25) is 0 Å². The lowest BCUT2D eigenvalue weighted by Crippen LogP contribution is -2.13. The highest BCUT2D eigenvalue weighted by Gasteiger charge is 2.30. The molecule has 0 fully saturated rings. The molecular formula is C16H20F3NO4. The van der Waals surface area contributed by atoms with Crippen LogP contribution in [0.5, 0.6) is 0 Å². The molecule has 0 aliphatic rings. The fourth-order valence-corrected chi connectivity index (χ4v) is 1.72. The van der Waals surface area contributed by atoms with Crippen LogP contribution in [0.1, 0.15) is 12.5 Å². The van der Waals surface area contributed by atoms with Gasteiger partial charge in [-0.05, 0) is 25.1 Å². The molecule has 0 saturated carbocycles. The Bertz CT molecular complexity index is 558. The Kier molecular flexibility index (Phi) is 8.28. The van der Waals surface area contributed by atoms with Crippen LogP contribution in [0.4, 0.5) is 18.9 Å². The first-order valence-corrected chi connectivity index (χ1v) is 7.25. The van der Waals surface area contributed by atoms with Crippen LogP contribution in [0.3, 0.4) is 0 Å². The van der Waals surface area contributed by atoms with E-state index in [0.717, 1.165) is 18.2 Å². The quantitative estimate of drug-likeness (QED) is 0.422. The molecule has 1 rings (SSSR count). The van der Waals surface area contributed by atoms with Gasteiger partial charge in [-0.3, -0.25) is 0 Å². The number of nitrogens with one attached hydrogen (secondary N) is 1. The predicted molar refractivity (Wildman–Crippen MR) is 82.5 cm³/mol. The number of hydrogen-bond donors (Lipinski definition) is 1. The molecule has 24 heavy (non-hydrogen) atoms. The van der Waals surface area contributed by atoms with Gasteiger partial charge in [0.15, 0.2) is 0 Å². The Morgan fingerprint density at radius 1 is 1.25 bits per heavy atom. The van der Waals surface area contributed by atoms with E-state index >= 15 is 0 Å². The maximum atomic E-state index is 12.7. The molecule has 0 saturated heterocycles. The number of alkyl halides is 3. The summed E-state index contributed by atoms with van der Waals surface area (Å²) in [5, 5.41) is 2.74. The highest BCUT2D eigenvalue weighted by molar-refractivity contribution is 5.83. The molecule has 0 heterocycles. The van der Waals surface area contributed by atoms with Crippen LogP contribution < -0.4 is 5.32 Å². The largest absolute Gasteiger partial charge is 0.466 e. The van der Waals surface area contributed by atoms with Crippen LogP contribution in [0, 0.1) is 0 Å². The zero-order chi connectivity index (χ0) is 18.0. The molecule has 0 spiro atoms. The van der Waals surface area contributed by atoms with Gasteiger partial charge in [-0.15, -0.1) is 0 Å². The first-order chi connectivity index (χ1) is 11.4. The first-order valence-electron chi connectivity index (χ1n) is 7.25. The molecule has 0 radical (unpaired) electrons. The smallest absolute Gasteiger partial charge is 0.416 e. The Morgan fingerprint density at radius 2 is 1.96 bits per heavy atom. The van der Waals surface area contributed by atoms with Gasteiger partial charge in [-0.2, -0.15) is 13.2 Å². The first kappa shape index (κ1) is 20.0. The number of hydrogen-bond acceptors (Lipinski definition) is 5. The molecule has 134 valence electrons. The fraction of sp³-hybridized carbons (Fsp3) is 0.438. The Labute approximate surface area is 138 Å². The number of benzene rings is 1. The third-order valence-electron chi connectivity index (χ3n) is 2.82. The van der Waals surface area contributed by atoms with Crippen molar-refractivity contribution < 1.29 is 32.2 Å².